The topological polar surface area (TPSA) is 53.2 Å². The summed E-state index contributed by atoms with van der Waals surface area (Å²) in [6.45, 7) is 27.4. The lowest BCUT2D eigenvalue weighted by Gasteiger charge is -2.46. The van der Waals surface area contributed by atoms with Crippen LogP contribution in [0.3, 0.4) is 0 Å². The zero-order valence-corrected chi connectivity index (χ0v) is 35.0. The molecule has 0 spiro atoms. The third-order valence-corrected chi connectivity index (χ3v) is 12.7. The molecule has 6 aromatic rings. The SMILES string of the molecule is C=C1CC(C)(N=C(C)C)C(C)(/C(C)=C/C)CCc2ccc3c(oc4c(-c5ccc(C#N)cc5)cccc43)c2-c2cc(-c3c(C(C)C)cccc3C(C)C)cc[n+]21. The molecule has 0 saturated carbocycles. The number of para-hydroxylation sites is 1. The molecule has 4 aromatic carbocycles. The van der Waals surface area contributed by atoms with Crippen LogP contribution in [0.4, 0.5) is 0 Å². The normalized spacial score (nSPS) is 18.9. The number of hydrogen-bond donors (Lipinski definition) is 0. The number of aromatic nitrogens is 1. The second-order valence-corrected chi connectivity index (χ2v) is 17.1. The van der Waals surface area contributed by atoms with Crippen LogP contribution in [0, 0.1) is 16.7 Å². The zero-order chi connectivity index (χ0) is 40.1. The van der Waals surface area contributed by atoms with Gasteiger partial charge in [0.25, 0.3) is 0 Å². The van der Waals surface area contributed by atoms with Crippen LogP contribution >= 0.6 is 0 Å². The van der Waals surface area contributed by atoms with Crippen molar-refractivity contribution in [3.05, 3.63) is 132 Å². The summed E-state index contributed by atoms with van der Waals surface area (Å²) in [5.41, 5.74) is 15.8. The first kappa shape index (κ1) is 38.7. The first-order valence-electron chi connectivity index (χ1n) is 20.2. The highest BCUT2D eigenvalue weighted by Gasteiger charge is 2.48. The van der Waals surface area contributed by atoms with E-state index in [-0.39, 0.29) is 5.41 Å². The summed E-state index contributed by atoms with van der Waals surface area (Å²) in [5, 5.41) is 11.7. The van der Waals surface area contributed by atoms with Crippen molar-refractivity contribution in [3.8, 4) is 39.6 Å². The number of nitriles is 1. The number of pyridine rings is 1. The van der Waals surface area contributed by atoms with Crippen LogP contribution in [-0.4, -0.2) is 11.3 Å². The van der Waals surface area contributed by atoms with Crippen molar-refractivity contribution in [2.75, 3.05) is 0 Å². The number of fused-ring (bicyclic) bond motifs is 7. The van der Waals surface area contributed by atoms with Crippen LogP contribution in [0.1, 0.15) is 116 Å². The van der Waals surface area contributed by atoms with E-state index in [0.29, 0.717) is 23.8 Å². The largest absolute Gasteiger partial charge is 0.454 e. The van der Waals surface area contributed by atoms with Crippen molar-refractivity contribution in [1.82, 2.24) is 0 Å². The van der Waals surface area contributed by atoms with Gasteiger partial charge in [0.1, 0.15) is 11.2 Å². The van der Waals surface area contributed by atoms with Gasteiger partial charge in [0.05, 0.1) is 29.2 Å². The molecule has 0 aliphatic carbocycles. The molecule has 56 heavy (non-hydrogen) atoms. The van der Waals surface area contributed by atoms with Crippen LogP contribution in [-0.2, 0) is 6.42 Å². The van der Waals surface area contributed by atoms with Crippen LogP contribution in [0.15, 0.2) is 119 Å². The van der Waals surface area contributed by atoms with Crippen LogP contribution in [0.25, 0.3) is 61.1 Å². The second-order valence-electron chi connectivity index (χ2n) is 17.1. The lowest BCUT2D eigenvalue weighted by Crippen LogP contribution is -2.48. The number of aryl methyl sites for hydroxylation is 1. The monoisotopic (exact) mass is 738 g/mol. The minimum atomic E-state index is -0.436. The van der Waals surface area contributed by atoms with E-state index in [1.54, 1.807) is 0 Å². The quantitative estimate of drug-likeness (QED) is 0.0970. The van der Waals surface area contributed by atoms with E-state index in [9.17, 15) is 5.26 Å². The highest BCUT2D eigenvalue weighted by atomic mass is 16.3. The summed E-state index contributed by atoms with van der Waals surface area (Å²) in [7, 11) is 0. The van der Waals surface area contributed by atoms with E-state index in [4.69, 9.17) is 16.0 Å². The Morgan fingerprint density at radius 2 is 1.50 bits per heavy atom. The van der Waals surface area contributed by atoms with Crippen molar-refractivity contribution < 1.29 is 8.98 Å². The predicted octanol–water partition coefficient (Wildman–Crippen LogP) is 14.0. The number of benzene rings is 4. The molecule has 0 amide bonds. The van der Waals surface area contributed by atoms with Gasteiger partial charge in [-0.15, -0.1) is 0 Å². The maximum Gasteiger partial charge on any atom is 0.222 e. The van der Waals surface area contributed by atoms with Crippen molar-refractivity contribution >= 4 is 33.3 Å². The third kappa shape index (κ3) is 6.52. The van der Waals surface area contributed by atoms with E-state index in [1.165, 1.54) is 33.4 Å². The highest BCUT2D eigenvalue weighted by Crippen LogP contribution is 2.51. The van der Waals surface area contributed by atoms with Crippen LogP contribution in [0.2, 0.25) is 0 Å². The first-order valence-corrected chi connectivity index (χ1v) is 20.2. The Balaban J connectivity index is 1.59. The zero-order valence-electron chi connectivity index (χ0n) is 35.0. The average molecular weight is 739 g/mol. The minimum absolute atomic E-state index is 0.245. The molecule has 1 aliphatic heterocycles. The molecular weight excluding hydrogens is 683 g/mol. The fourth-order valence-corrected chi connectivity index (χ4v) is 9.28. The number of aliphatic imine (C=N–C) groups is 1. The van der Waals surface area contributed by atoms with Crippen LogP contribution in [0.5, 0.6) is 0 Å². The van der Waals surface area contributed by atoms with Gasteiger partial charge in [-0.25, -0.2) is 0 Å². The summed E-state index contributed by atoms with van der Waals surface area (Å²) in [5.74, 6) is 0.719. The smallest absolute Gasteiger partial charge is 0.222 e. The van der Waals surface area contributed by atoms with E-state index < -0.39 is 5.54 Å². The molecule has 1 aliphatic rings. The summed E-state index contributed by atoms with van der Waals surface area (Å²) in [4.78, 5) is 5.46. The van der Waals surface area contributed by atoms with Gasteiger partial charge in [0, 0.05) is 39.6 Å². The van der Waals surface area contributed by atoms with E-state index in [2.05, 4.69) is 153 Å². The molecule has 284 valence electrons. The fourth-order valence-electron chi connectivity index (χ4n) is 9.28. The molecule has 2 atom stereocenters. The summed E-state index contributed by atoms with van der Waals surface area (Å²) >= 11 is 0. The van der Waals surface area contributed by atoms with Gasteiger partial charge in [-0.2, -0.15) is 9.83 Å². The number of rotatable bonds is 6. The van der Waals surface area contributed by atoms with Gasteiger partial charge < -0.3 is 4.42 Å². The lowest BCUT2D eigenvalue weighted by molar-refractivity contribution is -0.571. The molecule has 4 nitrogen and oxygen atoms in total. The molecular formula is C52H56N3O+. The minimum Gasteiger partial charge on any atom is -0.454 e. The Hall–Kier alpha value is -5.53. The van der Waals surface area contributed by atoms with Gasteiger partial charge in [-0.05, 0) is 111 Å². The summed E-state index contributed by atoms with van der Waals surface area (Å²) < 4.78 is 9.51. The molecule has 0 radical (unpaired) electrons. The van der Waals surface area contributed by atoms with Crippen molar-refractivity contribution in [1.29, 1.82) is 5.26 Å². The Kier molecular flexibility index (Phi) is 10.3. The standard InChI is InChI=1S/C52H56N3O/c1-12-35(8)51(10)27-25-39-23-24-45-44-18-14-17-43(38-21-19-37(31-53)20-22-38)49(44)56-50(45)48(39)46-29-40(47-41(32(2)3)15-13-16-42(47)33(4)5)26-28-55(46)36(9)30-52(51,11)54-34(6)7/h12-24,26,28-29,32-33H,9,25,27,30H2,1-8,10-11H3/q+1/b35-12+. The van der Waals surface area contributed by atoms with Gasteiger partial charge >= 0.3 is 0 Å². The van der Waals surface area contributed by atoms with Crippen molar-refractivity contribution in [2.45, 2.75) is 106 Å². The first-order chi connectivity index (χ1) is 26.7. The molecule has 3 heterocycles. The Morgan fingerprint density at radius 3 is 2.12 bits per heavy atom. The Morgan fingerprint density at radius 1 is 0.839 bits per heavy atom. The molecule has 0 N–H and O–H groups in total. The average Bonchev–Trinajstić information content (AvgIpc) is 3.57. The molecule has 2 aromatic heterocycles. The second kappa shape index (κ2) is 14.8. The van der Waals surface area contributed by atoms with Gasteiger partial charge in [0.15, 0.2) is 11.9 Å². The molecule has 0 fully saturated rings. The number of hydrogen-bond acceptors (Lipinski definition) is 3. The Bertz CT molecular complexity index is 2580. The maximum atomic E-state index is 9.49. The van der Waals surface area contributed by atoms with E-state index in [0.717, 1.165) is 68.6 Å². The summed E-state index contributed by atoms with van der Waals surface area (Å²) in [6.07, 6.45) is 6.95. The van der Waals surface area contributed by atoms with Gasteiger partial charge in [-0.3, -0.25) is 4.99 Å². The third-order valence-electron chi connectivity index (χ3n) is 12.7. The molecule has 0 saturated heterocycles. The molecule has 4 heteroatoms. The van der Waals surface area contributed by atoms with Crippen LogP contribution < -0.4 is 4.57 Å². The van der Waals surface area contributed by atoms with Crippen molar-refractivity contribution in [3.63, 3.8) is 0 Å². The lowest BCUT2D eigenvalue weighted by atomic mass is 9.62. The highest BCUT2D eigenvalue weighted by molar-refractivity contribution is 6.13. The molecule has 0 bridgehead atoms. The fraction of sp³-hybridized carbons (Fsp3) is 0.327. The predicted molar refractivity (Wildman–Crippen MR) is 236 cm³/mol. The van der Waals surface area contributed by atoms with E-state index in [1.807, 2.05) is 24.3 Å². The van der Waals surface area contributed by atoms with Gasteiger partial charge in [0.2, 0.25) is 5.69 Å². The van der Waals surface area contributed by atoms with Crippen molar-refractivity contribution in [2.24, 2.45) is 10.4 Å². The molecule has 2 unspecified atom stereocenters. The van der Waals surface area contributed by atoms with E-state index >= 15 is 0 Å². The number of nitrogens with zero attached hydrogens (tertiary/aromatic N) is 3. The number of furan rings is 1. The molecule has 7 rings (SSSR count). The van der Waals surface area contributed by atoms with Gasteiger partial charge in [-0.1, -0.05) is 107 Å². The summed E-state index contributed by atoms with van der Waals surface area (Å²) in [6, 6.07) is 32.5. The Labute approximate surface area is 333 Å². The number of allylic oxidation sites excluding steroid dienone is 1. The maximum absolute atomic E-state index is 9.49.